The first-order chi connectivity index (χ1) is 41.7. The number of ether oxygens (including phenoxy) is 11. The maximum atomic E-state index is 13.5. The molecule has 0 spiro atoms. The number of nitrogens with one attached hydrogen (secondary N) is 2. The highest BCUT2D eigenvalue weighted by Crippen LogP contribution is 2.42. The van der Waals surface area contributed by atoms with E-state index in [1.165, 1.54) is 0 Å². The molecule has 0 saturated carbocycles. The number of aliphatic carboxylic acids is 2. The van der Waals surface area contributed by atoms with Crippen molar-refractivity contribution < 1.29 is 194 Å². The van der Waals surface area contributed by atoms with Crippen molar-refractivity contribution in [2.45, 2.75) is 234 Å². The van der Waals surface area contributed by atoms with Gasteiger partial charge in [-0.25, -0.2) is 9.59 Å². The van der Waals surface area contributed by atoms with Gasteiger partial charge in [0.25, 0.3) is 11.6 Å². The van der Waals surface area contributed by atoms with Crippen LogP contribution < -0.4 is 10.6 Å². The molecule has 41 heteroatoms. The lowest BCUT2D eigenvalue weighted by Crippen LogP contribution is -2.72. The lowest BCUT2D eigenvalue weighted by Gasteiger charge is -2.52. The maximum absolute atomic E-state index is 13.5. The molecule has 6 heterocycles. The van der Waals surface area contributed by atoms with Gasteiger partial charge in [-0.15, -0.1) is 0 Å². The zero-order valence-corrected chi connectivity index (χ0v) is 47.0. The molecule has 6 rings (SSSR count). The molecule has 34 atom stereocenters. The molecule has 0 aliphatic carbocycles. The molecular formula is C48H80N2O39. The number of hydrogen-bond donors (Lipinski definition) is 26. The zero-order chi connectivity index (χ0) is 66.6. The van der Waals surface area contributed by atoms with E-state index in [1.54, 1.807) is 0 Å². The molecular weight excluding hydrogens is 1230 g/mol. The molecule has 0 aromatic rings. The third kappa shape index (κ3) is 15.9. The van der Waals surface area contributed by atoms with Crippen molar-refractivity contribution in [3.63, 3.8) is 0 Å². The Balaban J connectivity index is 1.33. The average Bonchev–Trinajstić information content (AvgIpc) is 1.05. The summed E-state index contributed by atoms with van der Waals surface area (Å²) >= 11 is 0. The van der Waals surface area contributed by atoms with Gasteiger partial charge in [0, 0.05) is 26.7 Å². The molecule has 0 aromatic heterocycles. The standard InChI is InChI=1S/C48H80N2O39/c1-11(57)49-21-13(59)3-47(45(75)76,87-35(21)23(64)15(61)5-51)86-20(10-56)26(67)36-22(50-12(2)58)14(60)4-48(88-36,46(77)78)89-38-25(66)19(9-55)80-43(32(38)73)83-37-29(70)33(16(62)6-52)82-44(31(37)72)84-39-30(71)41(74)81-34(17(63)7-53)40(39)85-42-28(69)27(68)24(65)18(8-54)79-42/h13-44,51-56,59-74H,3-10H2,1-2H3,(H,49,57)(H,50,58)(H,75,76)(H,77,78)/t13-,14-,15+,16-,17-,18+,19+,20+,21+,22+,23+,24+,25-,26+,27-,28+,29+,30-,31-,32+,33+,34+,35+,36+,37-,38-,39+,40+,41-,42+,43-,44+,47+,48-/m0/s1. The molecule has 26 N–H and O–H groups in total. The Kier molecular flexibility index (Phi) is 26.2. The summed E-state index contributed by atoms with van der Waals surface area (Å²) in [6.07, 6.45) is -71.6. The van der Waals surface area contributed by atoms with Gasteiger partial charge in [0.1, 0.15) is 146 Å². The van der Waals surface area contributed by atoms with Crippen LogP contribution in [-0.4, -0.2) is 393 Å². The Morgan fingerprint density at radius 3 is 1.44 bits per heavy atom. The Morgan fingerprint density at radius 2 is 0.933 bits per heavy atom. The lowest BCUT2D eigenvalue weighted by molar-refractivity contribution is -0.404. The van der Waals surface area contributed by atoms with Gasteiger partial charge in [0.15, 0.2) is 25.2 Å². The molecule has 6 saturated heterocycles. The normalized spacial score (nSPS) is 45.1. The van der Waals surface area contributed by atoms with Crippen LogP contribution in [0.25, 0.3) is 0 Å². The van der Waals surface area contributed by atoms with Gasteiger partial charge in [-0.2, -0.15) is 0 Å². The highest BCUT2D eigenvalue weighted by atomic mass is 16.8. The van der Waals surface area contributed by atoms with E-state index in [4.69, 9.17) is 52.1 Å². The summed E-state index contributed by atoms with van der Waals surface area (Å²) in [6, 6.07) is -3.78. The maximum Gasteiger partial charge on any atom is 0.364 e. The van der Waals surface area contributed by atoms with E-state index in [-0.39, 0.29) is 0 Å². The summed E-state index contributed by atoms with van der Waals surface area (Å²) in [5, 5.41) is 265. The molecule has 89 heavy (non-hydrogen) atoms. The number of aliphatic hydroxyl groups is 22. The van der Waals surface area contributed by atoms with Crippen molar-refractivity contribution in [3.8, 4) is 0 Å². The summed E-state index contributed by atoms with van der Waals surface area (Å²) in [6.45, 7) is -5.73. The number of carbonyl (C=O) groups excluding carboxylic acids is 2. The van der Waals surface area contributed by atoms with Gasteiger partial charge in [-0.05, 0) is 0 Å². The summed E-state index contributed by atoms with van der Waals surface area (Å²) in [5.41, 5.74) is 0. The Labute approximate surface area is 501 Å². The van der Waals surface area contributed by atoms with Crippen LogP contribution >= 0.6 is 0 Å². The number of aliphatic hydroxyl groups excluding tert-OH is 22. The van der Waals surface area contributed by atoms with Crippen molar-refractivity contribution in [2.24, 2.45) is 0 Å². The third-order valence-corrected chi connectivity index (χ3v) is 15.9. The van der Waals surface area contributed by atoms with Crippen LogP contribution in [0.4, 0.5) is 0 Å². The Morgan fingerprint density at radius 1 is 0.472 bits per heavy atom. The third-order valence-electron chi connectivity index (χ3n) is 15.9. The van der Waals surface area contributed by atoms with Crippen LogP contribution in [0, 0.1) is 0 Å². The molecule has 6 aliphatic heterocycles. The molecule has 516 valence electrons. The van der Waals surface area contributed by atoms with E-state index >= 15 is 0 Å². The fourth-order valence-corrected chi connectivity index (χ4v) is 11.2. The molecule has 0 radical (unpaired) electrons. The highest BCUT2D eigenvalue weighted by molar-refractivity contribution is 5.77. The molecule has 6 aliphatic rings. The molecule has 41 nitrogen and oxygen atoms in total. The number of rotatable bonds is 26. The van der Waals surface area contributed by atoms with E-state index in [0.717, 1.165) is 13.8 Å². The molecule has 0 aromatic carbocycles. The predicted octanol–water partition coefficient (Wildman–Crippen LogP) is -16.7. The zero-order valence-electron chi connectivity index (χ0n) is 47.0. The van der Waals surface area contributed by atoms with Gasteiger partial charge in [0.2, 0.25) is 11.8 Å². The van der Waals surface area contributed by atoms with Crippen molar-refractivity contribution in [3.05, 3.63) is 0 Å². The Hall–Kier alpha value is -3.44. The van der Waals surface area contributed by atoms with Gasteiger partial charge in [-0.1, -0.05) is 0 Å². The quantitative estimate of drug-likeness (QED) is 0.0382. The van der Waals surface area contributed by atoms with Gasteiger partial charge in [-0.3, -0.25) is 9.59 Å². The molecule has 0 unspecified atom stereocenters. The van der Waals surface area contributed by atoms with E-state index in [1.807, 2.05) is 0 Å². The summed E-state index contributed by atoms with van der Waals surface area (Å²) in [7, 11) is 0. The SMILES string of the molecule is CC(=O)N[C@H]1[C@H]([C@H](O)[C@H](O)CO)O[C@@](O[C@H](CO)[C@@H](O)[C@@H]2O[C@@](O[C@H]3[C@@H](O)[C@@H](CO)O[C@@H](O[C@@H]4[C@H](O)[C@@H](O[C@@H]5[C@H](O)[C@@H](O)O[C@H]([C@@H](O)CO)[C@H]5O[C@H]5O[C@H](CO)[C@@H](O)[C@H](O)[C@H]5O)O[C@H]([C@@H](O)CO)[C@H]4O)[C@@H]3O)(C(=O)O)C[C@H](O)[C@H]2NC(C)=O)(C(=O)O)C[C@@H]1O. The second kappa shape index (κ2) is 31.2. The molecule has 0 bridgehead atoms. The molecule has 2 amide bonds. The largest absolute Gasteiger partial charge is 0.477 e. The summed E-state index contributed by atoms with van der Waals surface area (Å²) < 4.78 is 61.8. The number of carbonyl (C=O) groups is 4. The first-order valence-corrected chi connectivity index (χ1v) is 27.6. The number of carboxylic acids is 2. The van der Waals surface area contributed by atoms with Crippen LogP contribution in [-0.2, 0) is 71.3 Å². The number of hydrogen-bond acceptors (Lipinski definition) is 37. The second-order valence-electron chi connectivity index (χ2n) is 22.1. The van der Waals surface area contributed by atoms with E-state index in [2.05, 4.69) is 10.6 Å². The second-order valence-corrected chi connectivity index (χ2v) is 22.1. The average molecular weight is 1310 g/mol. The minimum Gasteiger partial charge on any atom is -0.477 e. The fraction of sp³-hybridized carbons (Fsp3) is 0.917. The number of carboxylic acid groups (broad SMARTS) is 2. The van der Waals surface area contributed by atoms with Crippen LogP contribution in [0.1, 0.15) is 26.7 Å². The summed E-state index contributed by atoms with van der Waals surface area (Å²) in [5.74, 6) is -13.3. The van der Waals surface area contributed by atoms with Gasteiger partial charge < -0.3 is 185 Å². The number of amides is 2. The topological polar surface area (TPSA) is 679 Å². The van der Waals surface area contributed by atoms with Crippen molar-refractivity contribution in [2.75, 3.05) is 39.6 Å². The van der Waals surface area contributed by atoms with Crippen LogP contribution in [0.15, 0.2) is 0 Å². The van der Waals surface area contributed by atoms with Crippen molar-refractivity contribution >= 4 is 23.8 Å². The van der Waals surface area contributed by atoms with Gasteiger partial charge >= 0.3 is 11.9 Å². The van der Waals surface area contributed by atoms with Crippen LogP contribution in [0.3, 0.4) is 0 Å². The van der Waals surface area contributed by atoms with Crippen LogP contribution in [0.2, 0.25) is 0 Å². The highest BCUT2D eigenvalue weighted by Gasteiger charge is 2.64. The Bertz CT molecular complexity index is 2300. The molecule has 6 fully saturated rings. The fourth-order valence-electron chi connectivity index (χ4n) is 11.2. The summed E-state index contributed by atoms with van der Waals surface area (Å²) in [4.78, 5) is 51.3. The van der Waals surface area contributed by atoms with E-state index < -0.39 is 284 Å². The minimum absolute atomic E-state index is 0.856. The van der Waals surface area contributed by atoms with Crippen molar-refractivity contribution in [1.82, 2.24) is 10.6 Å². The van der Waals surface area contributed by atoms with E-state index in [9.17, 15) is 142 Å². The van der Waals surface area contributed by atoms with Crippen molar-refractivity contribution in [1.29, 1.82) is 0 Å². The minimum atomic E-state index is -3.55. The first kappa shape index (κ1) is 74.6. The monoisotopic (exact) mass is 1310 g/mol. The first-order valence-electron chi connectivity index (χ1n) is 27.6. The predicted molar refractivity (Wildman–Crippen MR) is 269 cm³/mol. The van der Waals surface area contributed by atoms with Crippen LogP contribution in [0.5, 0.6) is 0 Å². The lowest BCUT2D eigenvalue weighted by atomic mass is 9.87. The van der Waals surface area contributed by atoms with E-state index in [0.29, 0.717) is 0 Å². The van der Waals surface area contributed by atoms with Gasteiger partial charge in [0.05, 0.1) is 63.9 Å². The smallest absolute Gasteiger partial charge is 0.364 e.